The van der Waals surface area contributed by atoms with Crippen molar-refractivity contribution < 1.29 is 4.48 Å². The van der Waals surface area contributed by atoms with E-state index in [2.05, 4.69) is 0 Å². The molecule has 0 aromatic carbocycles. The van der Waals surface area contributed by atoms with E-state index in [4.69, 9.17) is 0 Å². The van der Waals surface area contributed by atoms with Crippen LogP contribution in [0.25, 0.3) is 0 Å². The van der Waals surface area contributed by atoms with Crippen LogP contribution in [-0.4, -0.2) is 18.2 Å². The zero-order chi connectivity index (χ0) is 2.99. The molecule has 5 heavy (non-hydrogen) atoms. The van der Waals surface area contributed by atoms with Gasteiger partial charge < -0.3 is 0 Å². The van der Waals surface area contributed by atoms with E-state index in [-0.39, 0.29) is 12.4 Å². The Morgan fingerprint density at radius 1 is 1.40 bits per heavy atom. The topological polar surface area (TPSA) is 3.01 Å². The van der Waals surface area contributed by atoms with Crippen LogP contribution in [0.2, 0.25) is 0 Å². The number of halogens is 2. The van der Waals surface area contributed by atoms with Crippen molar-refractivity contribution in [3.05, 3.63) is 0 Å². The van der Waals surface area contributed by atoms with Gasteiger partial charge in [-0.1, -0.05) is 0 Å². The minimum absolute atomic E-state index is 0. The lowest BCUT2D eigenvalue weighted by atomic mass is 11.0. The highest BCUT2D eigenvalue weighted by atomic mass is 35.5. The largest absolute Gasteiger partial charge is 0.147 e. The molecule has 0 spiro atoms. The van der Waals surface area contributed by atoms with Crippen molar-refractivity contribution in [2.75, 3.05) is 13.1 Å². The zero-order valence-electron chi connectivity index (χ0n) is 2.65. The van der Waals surface area contributed by atoms with Crippen molar-refractivity contribution in [3.63, 3.8) is 0 Å². The van der Waals surface area contributed by atoms with E-state index in [0.29, 0.717) is 13.1 Å². The third-order valence-electron chi connectivity index (χ3n) is 0.393. The van der Waals surface area contributed by atoms with Gasteiger partial charge in [0.25, 0.3) is 0 Å². The molecule has 3 heteroatoms. The van der Waals surface area contributed by atoms with Crippen molar-refractivity contribution in [1.82, 2.24) is 5.12 Å². The van der Waals surface area contributed by atoms with Gasteiger partial charge in [0.05, 0.1) is 0 Å². The van der Waals surface area contributed by atoms with Crippen LogP contribution in [0.1, 0.15) is 0 Å². The van der Waals surface area contributed by atoms with Crippen LogP contribution < -0.4 is 0 Å². The fourth-order valence-electron chi connectivity index (χ4n) is 0.0378. The average molecular weight is 97.5 g/mol. The molecule has 0 bridgehead atoms. The summed E-state index contributed by atoms with van der Waals surface area (Å²) >= 11 is 0. The standard InChI is InChI=1S/C2H4FN.ClH/c3-4-1-2-4;/h1-2H2;1H. The SMILES string of the molecule is Cl.FN1CC1. The summed E-state index contributed by atoms with van der Waals surface area (Å²) in [5.74, 6) is 0. The van der Waals surface area contributed by atoms with E-state index >= 15 is 0 Å². The Hall–Kier alpha value is 0.180. The van der Waals surface area contributed by atoms with E-state index < -0.39 is 0 Å². The fraction of sp³-hybridized carbons (Fsp3) is 1.00. The normalized spacial score (nSPS) is 21.0. The smallest absolute Gasteiger partial charge is 0.0444 e. The van der Waals surface area contributed by atoms with Gasteiger partial charge in [-0.15, -0.1) is 22.0 Å². The Bertz CT molecular complexity index is 28.8. The molecule has 1 saturated heterocycles. The molecule has 1 fully saturated rings. The van der Waals surface area contributed by atoms with Crippen molar-refractivity contribution in [2.24, 2.45) is 0 Å². The van der Waals surface area contributed by atoms with Crippen LogP contribution >= 0.6 is 12.4 Å². The molecule has 1 heterocycles. The molecule has 1 aliphatic rings. The first kappa shape index (κ1) is 5.18. The van der Waals surface area contributed by atoms with E-state index in [1.807, 2.05) is 0 Å². The van der Waals surface area contributed by atoms with Gasteiger partial charge in [0.1, 0.15) is 0 Å². The number of nitrogens with zero attached hydrogens (tertiary/aromatic N) is 1. The monoisotopic (exact) mass is 97.0 g/mol. The molecular formula is C2H5ClFN. The minimum atomic E-state index is 0. The van der Waals surface area contributed by atoms with Crippen LogP contribution in [-0.2, 0) is 0 Å². The molecule has 0 aliphatic carbocycles. The van der Waals surface area contributed by atoms with Crippen LogP contribution in [0.5, 0.6) is 0 Å². The zero-order valence-corrected chi connectivity index (χ0v) is 3.46. The van der Waals surface area contributed by atoms with Gasteiger partial charge in [-0.2, -0.15) is 0 Å². The molecule has 1 nitrogen and oxygen atoms in total. The van der Waals surface area contributed by atoms with Crippen LogP contribution in [0.15, 0.2) is 0 Å². The van der Waals surface area contributed by atoms with Gasteiger partial charge in [0.2, 0.25) is 0 Å². The first-order valence-corrected chi connectivity index (χ1v) is 1.30. The van der Waals surface area contributed by atoms with Crippen LogP contribution in [0, 0.1) is 0 Å². The second kappa shape index (κ2) is 1.58. The van der Waals surface area contributed by atoms with Crippen molar-refractivity contribution in [2.45, 2.75) is 0 Å². The Labute approximate surface area is 36.1 Å². The first-order chi connectivity index (χ1) is 1.89. The van der Waals surface area contributed by atoms with Gasteiger partial charge in [-0.05, 0) is 0 Å². The molecule has 0 unspecified atom stereocenters. The van der Waals surface area contributed by atoms with Crippen molar-refractivity contribution >= 4 is 12.4 Å². The summed E-state index contributed by atoms with van der Waals surface area (Å²) in [6, 6.07) is 0. The van der Waals surface area contributed by atoms with E-state index in [1.54, 1.807) is 0 Å². The summed E-state index contributed by atoms with van der Waals surface area (Å²) in [4.78, 5) is 0. The molecule has 0 atom stereocenters. The Balaban J connectivity index is 0.000000160. The van der Waals surface area contributed by atoms with Crippen molar-refractivity contribution in [3.8, 4) is 0 Å². The summed E-state index contributed by atoms with van der Waals surface area (Å²) in [5.41, 5.74) is 0. The molecule has 0 N–H and O–H groups in total. The maximum atomic E-state index is 10.9. The molecule has 0 aromatic rings. The predicted octanol–water partition coefficient (Wildman–Crippen LogP) is 0.608. The van der Waals surface area contributed by atoms with Gasteiger partial charge in [-0.3, -0.25) is 0 Å². The van der Waals surface area contributed by atoms with E-state index in [9.17, 15) is 4.48 Å². The quantitative estimate of drug-likeness (QED) is 0.316. The maximum absolute atomic E-state index is 10.9. The van der Waals surface area contributed by atoms with Crippen LogP contribution in [0.3, 0.4) is 0 Å². The maximum Gasteiger partial charge on any atom is 0.0444 e. The molecule has 0 aromatic heterocycles. The van der Waals surface area contributed by atoms with Gasteiger partial charge >= 0.3 is 0 Å². The summed E-state index contributed by atoms with van der Waals surface area (Å²) < 4.78 is 10.9. The van der Waals surface area contributed by atoms with Crippen LogP contribution in [0.4, 0.5) is 4.48 Å². The molecule has 0 amide bonds. The number of hydrogen-bond donors (Lipinski definition) is 0. The Kier molecular flexibility index (Phi) is 1.63. The molecule has 1 rings (SSSR count). The molecule has 1 aliphatic heterocycles. The van der Waals surface area contributed by atoms with Crippen molar-refractivity contribution in [1.29, 1.82) is 0 Å². The second-order valence-corrected chi connectivity index (χ2v) is 0.910. The molecule has 0 saturated carbocycles. The lowest BCUT2D eigenvalue weighted by Gasteiger charge is -1.59. The highest BCUT2D eigenvalue weighted by Gasteiger charge is 2.13. The summed E-state index contributed by atoms with van der Waals surface area (Å²) in [6.07, 6.45) is 0. The highest BCUT2D eigenvalue weighted by molar-refractivity contribution is 5.85. The first-order valence-electron chi connectivity index (χ1n) is 1.30. The Morgan fingerprint density at radius 2 is 1.60 bits per heavy atom. The Morgan fingerprint density at radius 3 is 1.60 bits per heavy atom. The van der Waals surface area contributed by atoms with E-state index in [0.717, 1.165) is 5.12 Å². The summed E-state index contributed by atoms with van der Waals surface area (Å²) in [5, 5.41) is 0.750. The number of hydrogen-bond acceptors (Lipinski definition) is 1. The van der Waals surface area contributed by atoms with E-state index in [1.165, 1.54) is 0 Å². The average Bonchev–Trinajstić information content (AvgIpc) is 1.75. The molecule has 32 valence electrons. The summed E-state index contributed by atoms with van der Waals surface area (Å²) in [6.45, 7) is 1.31. The lowest BCUT2D eigenvalue weighted by Crippen LogP contribution is -1.63. The minimum Gasteiger partial charge on any atom is -0.147 e. The fourth-order valence-corrected chi connectivity index (χ4v) is 0.0378. The second-order valence-electron chi connectivity index (χ2n) is 0.910. The molecule has 0 radical (unpaired) electrons. The van der Waals surface area contributed by atoms with Gasteiger partial charge in [0, 0.05) is 13.1 Å². The summed E-state index contributed by atoms with van der Waals surface area (Å²) in [7, 11) is 0. The number of rotatable bonds is 0. The third-order valence-corrected chi connectivity index (χ3v) is 0.393. The third kappa shape index (κ3) is 1.96. The van der Waals surface area contributed by atoms with Gasteiger partial charge in [-0.25, -0.2) is 0 Å². The lowest BCUT2D eigenvalue weighted by molar-refractivity contribution is 0.190. The van der Waals surface area contributed by atoms with Gasteiger partial charge in [0.15, 0.2) is 0 Å². The highest BCUT2D eigenvalue weighted by Crippen LogP contribution is 1.99. The molecular weight excluding hydrogens is 92.5 g/mol. The predicted molar refractivity (Wildman–Crippen MR) is 19.9 cm³/mol.